The third kappa shape index (κ3) is 7.06. The van der Waals surface area contributed by atoms with Crippen LogP contribution < -0.4 is 10.2 Å². The highest BCUT2D eigenvalue weighted by atomic mass is 19.4. The van der Waals surface area contributed by atoms with Crippen LogP contribution >= 0.6 is 0 Å². The number of unbranched alkanes of at least 4 members (excludes halogenated alkanes) is 4. The second-order valence-electron chi connectivity index (χ2n) is 7.76. The molecular weight excluding hydrogens is 392 g/mol. The maximum Gasteiger partial charge on any atom is 0.573 e. The lowest BCUT2D eigenvalue weighted by Crippen LogP contribution is -2.44. The van der Waals surface area contributed by atoms with Crippen molar-refractivity contribution in [3.8, 4) is 16.9 Å². The number of hydrogen-bond acceptors (Lipinski definition) is 3. The molecule has 162 valence electrons. The molecule has 1 saturated heterocycles. The molecule has 0 aliphatic carbocycles. The zero-order chi connectivity index (χ0) is 21.4. The molecule has 0 amide bonds. The van der Waals surface area contributed by atoms with E-state index in [0.717, 1.165) is 23.0 Å². The molecule has 0 atom stereocenters. The molecule has 2 aromatic rings. The van der Waals surface area contributed by atoms with Gasteiger partial charge in [0.15, 0.2) is 0 Å². The quantitative estimate of drug-likeness (QED) is 0.370. The van der Waals surface area contributed by atoms with Crippen molar-refractivity contribution in [1.29, 1.82) is 0 Å². The molecule has 0 spiro atoms. The molecule has 2 aromatic carbocycles. The first-order chi connectivity index (χ1) is 14.4. The molecule has 0 saturated carbocycles. The van der Waals surface area contributed by atoms with E-state index < -0.39 is 6.36 Å². The van der Waals surface area contributed by atoms with Crippen LogP contribution in [-0.4, -0.2) is 26.7 Å². The van der Waals surface area contributed by atoms with Gasteiger partial charge in [-0.25, -0.2) is 0 Å². The van der Waals surface area contributed by atoms with Gasteiger partial charge in [-0.15, -0.1) is 13.2 Å². The first-order valence-electron chi connectivity index (χ1n) is 10.6. The fourth-order valence-corrected chi connectivity index (χ4v) is 3.62. The summed E-state index contributed by atoms with van der Waals surface area (Å²) in [6, 6.07) is 13.5. The second kappa shape index (κ2) is 10.9. The normalized spacial score (nSPS) is 15.4. The van der Waals surface area contributed by atoms with Crippen LogP contribution in [0.4, 0.5) is 13.2 Å². The van der Waals surface area contributed by atoms with Crippen molar-refractivity contribution >= 4 is 12.6 Å². The van der Waals surface area contributed by atoms with E-state index in [1.165, 1.54) is 44.2 Å². The van der Waals surface area contributed by atoms with Crippen LogP contribution in [0.1, 0.15) is 45.4 Å². The Morgan fingerprint density at radius 2 is 1.43 bits per heavy atom. The van der Waals surface area contributed by atoms with Crippen molar-refractivity contribution in [3.05, 3.63) is 48.5 Å². The van der Waals surface area contributed by atoms with Crippen molar-refractivity contribution in [3.63, 3.8) is 0 Å². The van der Waals surface area contributed by atoms with E-state index in [9.17, 15) is 13.2 Å². The summed E-state index contributed by atoms with van der Waals surface area (Å²) in [7, 11) is -0.363. The van der Waals surface area contributed by atoms with Crippen molar-refractivity contribution in [2.24, 2.45) is 5.92 Å². The minimum atomic E-state index is -4.68. The van der Waals surface area contributed by atoms with Gasteiger partial charge in [-0.2, -0.15) is 0 Å². The number of halogens is 3. The van der Waals surface area contributed by atoms with Gasteiger partial charge in [-0.05, 0) is 35.1 Å². The lowest BCUT2D eigenvalue weighted by molar-refractivity contribution is -0.274. The molecule has 30 heavy (non-hydrogen) atoms. The summed E-state index contributed by atoms with van der Waals surface area (Å²) in [5.74, 6) is 0.228. The lowest BCUT2D eigenvalue weighted by atomic mass is 9.76. The van der Waals surface area contributed by atoms with Crippen molar-refractivity contribution in [1.82, 2.24) is 0 Å². The molecule has 3 nitrogen and oxygen atoms in total. The van der Waals surface area contributed by atoms with Crippen molar-refractivity contribution in [2.75, 3.05) is 13.2 Å². The van der Waals surface area contributed by atoms with Gasteiger partial charge in [0, 0.05) is 19.1 Å². The molecule has 1 heterocycles. The number of hydrogen-bond donors (Lipinski definition) is 0. The van der Waals surface area contributed by atoms with E-state index >= 15 is 0 Å². The van der Waals surface area contributed by atoms with E-state index in [0.29, 0.717) is 19.1 Å². The molecule has 0 N–H and O–H groups in total. The summed E-state index contributed by atoms with van der Waals surface area (Å²) in [5, 5.41) is 0. The van der Waals surface area contributed by atoms with Crippen molar-refractivity contribution in [2.45, 2.75) is 51.8 Å². The van der Waals surface area contributed by atoms with Gasteiger partial charge in [0.25, 0.3) is 0 Å². The molecule has 1 fully saturated rings. The van der Waals surface area contributed by atoms with Crippen LogP contribution in [0, 0.1) is 5.92 Å². The fraction of sp³-hybridized carbons (Fsp3) is 0.478. The van der Waals surface area contributed by atoms with Crippen molar-refractivity contribution < 1.29 is 27.2 Å². The Bertz CT molecular complexity index is 755. The van der Waals surface area contributed by atoms with E-state index in [2.05, 4.69) is 11.7 Å². The number of benzene rings is 2. The average molecular weight is 420 g/mol. The third-order valence-electron chi connectivity index (χ3n) is 5.29. The van der Waals surface area contributed by atoms with Crippen LogP contribution in [0.3, 0.4) is 0 Å². The number of ether oxygens (including phenoxy) is 1. The molecule has 0 unspecified atom stereocenters. The zero-order valence-corrected chi connectivity index (χ0v) is 17.3. The van der Waals surface area contributed by atoms with Gasteiger partial charge >= 0.3 is 13.5 Å². The summed E-state index contributed by atoms with van der Waals surface area (Å²) < 4.78 is 52.6. The predicted octanol–water partition coefficient (Wildman–Crippen LogP) is 5.97. The van der Waals surface area contributed by atoms with Gasteiger partial charge in [0.1, 0.15) is 5.75 Å². The SMILES string of the molecule is CCCCCCCC1COB(c2ccc(-c3ccc(OC(F)(F)F)cc3)cc2)OC1. The summed E-state index contributed by atoms with van der Waals surface area (Å²) >= 11 is 0. The summed E-state index contributed by atoms with van der Waals surface area (Å²) in [6.45, 7) is 3.64. The first-order valence-corrected chi connectivity index (χ1v) is 10.6. The first kappa shape index (κ1) is 22.7. The Labute approximate surface area is 176 Å². The number of rotatable bonds is 9. The van der Waals surface area contributed by atoms with E-state index in [1.807, 2.05) is 24.3 Å². The molecule has 0 radical (unpaired) electrons. The van der Waals surface area contributed by atoms with Crippen LogP contribution in [0.25, 0.3) is 11.1 Å². The Morgan fingerprint density at radius 3 is 2.00 bits per heavy atom. The zero-order valence-electron chi connectivity index (χ0n) is 17.3. The Morgan fingerprint density at radius 1 is 0.867 bits per heavy atom. The van der Waals surface area contributed by atoms with Crippen LogP contribution in [-0.2, 0) is 9.31 Å². The standard InChI is InChI=1S/C23H28BF3O3/c1-2-3-4-5-6-7-18-16-28-24(29-17-18)21-12-8-19(9-13-21)20-10-14-22(15-11-20)30-23(25,26)27/h8-15,18H,2-7,16-17H2,1H3. The molecule has 0 aromatic heterocycles. The molecular formula is C23H28BF3O3. The van der Waals surface area contributed by atoms with Gasteiger partial charge in [0.2, 0.25) is 0 Å². The van der Waals surface area contributed by atoms with Gasteiger partial charge < -0.3 is 14.0 Å². The van der Waals surface area contributed by atoms with E-state index in [4.69, 9.17) is 9.31 Å². The third-order valence-corrected chi connectivity index (χ3v) is 5.29. The molecule has 1 aliphatic heterocycles. The average Bonchev–Trinajstić information content (AvgIpc) is 2.74. The topological polar surface area (TPSA) is 27.7 Å². The lowest BCUT2D eigenvalue weighted by Gasteiger charge is -2.27. The largest absolute Gasteiger partial charge is 0.573 e. The highest BCUT2D eigenvalue weighted by Gasteiger charge is 2.31. The summed E-state index contributed by atoms with van der Waals surface area (Å²) in [4.78, 5) is 0. The van der Waals surface area contributed by atoms with Gasteiger partial charge in [-0.3, -0.25) is 0 Å². The highest BCUT2D eigenvalue weighted by Crippen LogP contribution is 2.26. The van der Waals surface area contributed by atoms with Crippen LogP contribution in [0.5, 0.6) is 5.75 Å². The molecule has 1 aliphatic rings. The fourth-order valence-electron chi connectivity index (χ4n) is 3.62. The highest BCUT2D eigenvalue weighted by molar-refractivity contribution is 6.61. The minimum absolute atomic E-state index is 0.230. The van der Waals surface area contributed by atoms with Gasteiger partial charge in [0.05, 0.1) is 0 Å². The van der Waals surface area contributed by atoms with Gasteiger partial charge in [-0.1, -0.05) is 75.4 Å². The molecule has 7 heteroatoms. The Kier molecular flexibility index (Phi) is 8.22. The monoisotopic (exact) mass is 420 g/mol. The second-order valence-corrected chi connectivity index (χ2v) is 7.76. The maximum absolute atomic E-state index is 12.3. The minimum Gasteiger partial charge on any atom is -0.407 e. The number of alkyl halides is 3. The molecule has 0 bridgehead atoms. The Hall–Kier alpha value is -1.99. The molecule has 3 rings (SSSR count). The summed E-state index contributed by atoms with van der Waals surface area (Å²) in [6.07, 6.45) is 2.83. The predicted molar refractivity (Wildman–Crippen MR) is 113 cm³/mol. The summed E-state index contributed by atoms with van der Waals surface area (Å²) in [5.41, 5.74) is 2.65. The van der Waals surface area contributed by atoms with Crippen LogP contribution in [0.15, 0.2) is 48.5 Å². The smallest absolute Gasteiger partial charge is 0.407 e. The van der Waals surface area contributed by atoms with E-state index in [1.54, 1.807) is 12.1 Å². The Balaban J connectivity index is 1.48. The van der Waals surface area contributed by atoms with Crippen LogP contribution in [0.2, 0.25) is 0 Å². The van der Waals surface area contributed by atoms with E-state index in [-0.39, 0.29) is 12.9 Å². The maximum atomic E-state index is 12.3.